The topological polar surface area (TPSA) is 30.2 Å². The molecule has 88 valence electrons. The largest absolute Gasteiger partial charge is 0.458 e. The van der Waals surface area contributed by atoms with Crippen molar-refractivity contribution in [2.45, 2.75) is 19.8 Å². The fourth-order valence-corrected chi connectivity index (χ4v) is 1.64. The van der Waals surface area contributed by atoms with Crippen molar-refractivity contribution in [2.24, 2.45) is 0 Å². The number of halogens is 1. The van der Waals surface area contributed by atoms with Gasteiger partial charge in [-0.1, -0.05) is 19.1 Å². The van der Waals surface area contributed by atoms with Crippen LogP contribution < -0.4 is 0 Å². The highest BCUT2D eigenvalue weighted by molar-refractivity contribution is 5.95. The van der Waals surface area contributed by atoms with E-state index in [1.54, 1.807) is 24.3 Å². The van der Waals surface area contributed by atoms with E-state index in [1.165, 1.54) is 12.1 Å². The molecule has 0 spiro atoms. The molecule has 0 fully saturated rings. The molecule has 2 nitrogen and oxygen atoms in total. The fraction of sp³-hybridized carbons (Fsp3) is 0.214. The minimum Gasteiger partial charge on any atom is -0.458 e. The number of benzene rings is 1. The van der Waals surface area contributed by atoms with Gasteiger partial charge in [-0.05, 0) is 29.8 Å². The molecule has 0 atom stereocenters. The number of ketones is 1. The number of hydrogen-bond acceptors (Lipinski definition) is 2. The van der Waals surface area contributed by atoms with Crippen molar-refractivity contribution >= 4 is 5.78 Å². The molecule has 0 aliphatic carbocycles. The lowest BCUT2D eigenvalue weighted by atomic mass is 10.1. The molecule has 0 bridgehead atoms. The van der Waals surface area contributed by atoms with Gasteiger partial charge in [-0.15, -0.1) is 0 Å². The van der Waals surface area contributed by atoms with E-state index in [2.05, 4.69) is 0 Å². The number of aryl methyl sites for hydroxylation is 1. The van der Waals surface area contributed by atoms with Gasteiger partial charge in [-0.3, -0.25) is 4.79 Å². The third kappa shape index (κ3) is 2.81. The van der Waals surface area contributed by atoms with Crippen LogP contribution in [0.15, 0.2) is 40.8 Å². The van der Waals surface area contributed by atoms with Gasteiger partial charge in [0, 0.05) is 12.8 Å². The molecule has 0 saturated heterocycles. The average Bonchev–Trinajstić information content (AvgIpc) is 2.77. The van der Waals surface area contributed by atoms with Crippen molar-refractivity contribution in [3.05, 3.63) is 59.3 Å². The Bertz CT molecular complexity index is 529. The number of carbonyl (C=O) groups is 1. The van der Waals surface area contributed by atoms with Crippen molar-refractivity contribution in [1.82, 2.24) is 0 Å². The maximum absolute atomic E-state index is 12.9. The smallest absolute Gasteiger partial charge is 0.202 e. The molecular formula is C14H13FO2. The summed E-state index contributed by atoms with van der Waals surface area (Å²) in [6.07, 6.45) is 0.918. The average molecular weight is 232 g/mol. The van der Waals surface area contributed by atoms with Crippen LogP contribution in [-0.4, -0.2) is 5.78 Å². The zero-order valence-electron chi connectivity index (χ0n) is 9.57. The van der Waals surface area contributed by atoms with Gasteiger partial charge in [0.05, 0.1) is 0 Å². The Kier molecular flexibility index (Phi) is 3.38. The molecule has 1 aromatic carbocycles. The van der Waals surface area contributed by atoms with Crippen LogP contribution >= 0.6 is 0 Å². The molecule has 2 aromatic rings. The Labute approximate surface area is 99.1 Å². The lowest BCUT2D eigenvalue weighted by molar-refractivity contribution is 0.0964. The van der Waals surface area contributed by atoms with E-state index >= 15 is 0 Å². The molecule has 3 heteroatoms. The van der Waals surface area contributed by atoms with Crippen LogP contribution in [0.1, 0.15) is 28.8 Å². The number of carbonyl (C=O) groups excluding carboxylic acids is 1. The van der Waals surface area contributed by atoms with Crippen molar-refractivity contribution in [2.75, 3.05) is 0 Å². The summed E-state index contributed by atoms with van der Waals surface area (Å²) in [5, 5.41) is 0. The zero-order valence-corrected chi connectivity index (χ0v) is 9.57. The summed E-state index contributed by atoms with van der Waals surface area (Å²) in [6, 6.07) is 9.50. The summed E-state index contributed by atoms with van der Waals surface area (Å²) < 4.78 is 18.3. The number of rotatable bonds is 4. The van der Waals surface area contributed by atoms with Gasteiger partial charge in [-0.25, -0.2) is 4.39 Å². The lowest BCUT2D eigenvalue weighted by Gasteiger charge is -1.99. The van der Waals surface area contributed by atoms with Gasteiger partial charge in [0.25, 0.3) is 0 Å². The van der Waals surface area contributed by atoms with Gasteiger partial charge in [0.15, 0.2) is 5.76 Å². The molecule has 0 amide bonds. The first-order valence-electron chi connectivity index (χ1n) is 5.55. The summed E-state index contributed by atoms with van der Waals surface area (Å²) >= 11 is 0. The highest BCUT2D eigenvalue weighted by Gasteiger charge is 2.11. The predicted molar refractivity (Wildman–Crippen MR) is 62.5 cm³/mol. The second kappa shape index (κ2) is 4.95. The van der Waals surface area contributed by atoms with Crippen LogP contribution in [0.3, 0.4) is 0 Å². The van der Waals surface area contributed by atoms with Crippen LogP contribution in [0.5, 0.6) is 0 Å². The summed E-state index contributed by atoms with van der Waals surface area (Å²) in [5.41, 5.74) is 0.657. The van der Waals surface area contributed by atoms with E-state index in [0.717, 1.165) is 12.2 Å². The van der Waals surface area contributed by atoms with Gasteiger partial charge in [-0.2, -0.15) is 0 Å². The maximum atomic E-state index is 12.9. The Morgan fingerprint density at radius 3 is 2.76 bits per heavy atom. The van der Waals surface area contributed by atoms with Crippen LogP contribution in [0.2, 0.25) is 0 Å². The van der Waals surface area contributed by atoms with Gasteiger partial charge in [0.1, 0.15) is 11.6 Å². The Morgan fingerprint density at radius 2 is 2.12 bits per heavy atom. The molecule has 0 unspecified atom stereocenters. The van der Waals surface area contributed by atoms with E-state index in [-0.39, 0.29) is 18.0 Å². The minimum absolute atomic E-state index is 0.129. The van der Waals surface area contributed by atoms with E-state index in [0.29, 0.717) is 11.3 Å². The second-order valence-corrected chi connectivity index (χ2v) is 3.85. The van der Waals surface area contributed by atoms with E-state index in [4.69, 9.17) is 4.42 Å². The highest BCUT2D eigenvalue weighted by Crippen LogP contribution is 2.13. The van der Waals surface area contributed by atoms with Crippen molar-refractivity contribution in [3.8, 4) is 0 Å². The number of Topliss-reactive ketones (excluding diaryl/α,β-unsaturated/α-hetero) is 1. The molecular weight excluding hydrogens is 219 g/mol. The first-order chi connectivity index (χ1) is 8.19. The quantitative estimate of drug-likeness (QED) is 0.756. The number of hydrogen-bond donors (Lipinski definition) is 0. The van der Waals surface area contributed by atoms with E-state index in [1.807, 2.05) is 6.92 Å². The summed E-state index contributed by atoms with van der Waals surface area (Å²) in [7, 11) is 0. The molecule has 1 heterocycles. The van der Waals surface area contributed by atoms with Crippen LogP contribution in [0.25, 0.3) is 0 Å². The first kappa shape index (κ1) is 11.6. The molecule has 0 N–H and O–H groups in total. The molecule has 0 radical (unpaired) electrons. The Balaban J connectivity index is 2.11. The van der Waals surface area contributed by atoms with Crippen LogP contribution in [-0.2, 0) is 12.8 Å². The standard InChI is InChI=1S/C14H13FO2/c1-2-12-6-7-14(17-12)13(16)9-10-4-3-5-11(15)8-10/h3-8H,2,9H2,1H3. The molecule has 0 aliphatic heterocycles. The van der Waals surface area contributed by atoms with Gasteiger partial charge in [0.2, 0.25) is 5.78 Å². The molecule has 17 heavy (non-hydrogen) atoms. The van der Waals surface area contributed by atoms with Crippen LogP contribution in [0.4, 0.5) is 4.39 Å². The summed E-state index contributed by atoms with van der Waals surface area (Å²) in [4.78, 5) is 11.8. The van der Waals surface area contributed by atoms with Gasteiger partial charge >= 0.3 is 0 Å². The van der Waals surface area contributed by atoms with E-state index in [9.17, 15) is 9.18 Å². The van der Waals surface area contributed by atoms with Crippen molar-refractivity contribution in [1.29, 1.82) is 0 Å². The Morgan fingerprint density at radius 1 is 1.29 bits per heavy atom. The third-order valence-electron chi connectivity index (χ3n) is 2.54. The van der Waals surface area contributed by atoms with Crippen molar-refractivity contribution in [3.63, 3.8) is 0 Å². The normalized spacial score (nSPS) is 10.5. The minimum atomic E-state index is -0.330. The van der Waals surface area contributed by atoms with Gasteiger partial charge < -0.3 is 4.42 Å². The zero-order chi connectivity index (χ0) is 12.3. The fourth-order valence-electron chi connectivity index (χ4n) is 1.64. The SMILES string of the molecule is CCc1ccc(C(=O)Cc2cccc(F)c2)o1. The predicted octanol–water partition coefficient (Wildman–Crippen LogP) is 3.41. The van der Waals surface area contributed by atoms with Crippen molar-refractivity contribution < 1.29 is 13.6 Å². The first-order valence-corrected chi connectivity index (χ1v) is 5.55. The molecule has 1 aromatic heterocycles. The monoisotopic (exact) mass is 232 g/mol. The van der Waals surface area contributed by atoms with E-state index < -0.39 is 0 Å². The van der Waals surface area contributed by atoms with Crippen LogP contribution in [0, 0.1) is 5.82 Å². The number of furan rings is 1. The Hall–Kier alpha value is -1.90. The molecule has 0 aliphatic rings. The second-order valence-electron chi connectivity index (χ2n) is 3.85. The highest BCUT2D eigenvalue weighted by atomic mass is 19.1. The molecule has 0 saturated carbocycles. The molecule has 2 rings (SSSR count). The lowest BCUT2D eigenvalue weighted by Crippen LogP contribution is -2.02. The summed E-state index contributed by atoms with van der Waals surface area (Å²) in [5.74, 6) is 0.665. The maximum Gasteiger partial charge on any atom is 0.202 e. The summed E-state index contributed by atoms with van der Waals surface area (Å²) in [6.45, 7) is 1.96. The third-order valence-corrected chi connectivity index (χ3v) is 2.54.